The first-order valence-electron chi connectivity index (χ1n) is 8.50. The zero-order valence-electron chi connectivity index (χ0n) is 14.3. The van der Waals surface area contributed by atoms with Gasteiger partial charge in [0.1, 0.15) is 5.75 Å². The molecule has 0 atom stereocenters. The summed E-state index contributed by atoms with van der Waals surface area (Å²) in [6.45, 7) is 2.13. The topological polar surface area (TPSA) is 63.3 Å². The Bertz CT molecular complexity index is 1050. The van der Waals surface area contributed by atoms with Crippen LogP contribution in [0.25, 0.3) is 28.3 Å². The lowest BCUT2D eigenvalue weighted by molar-refractivity contribution is 0.477. The molecule has 4 aromatic rings. The molecule has 5 nitrogen and oxygen atoms in total. The second-order valence-electron chi connectivity index (χ2n) is 5.86. The lowest BCUT2D eigenvalue weighted by Gasteiger charge is -2.08. The van der Waals surface area contributed by atoms with Gasteiger partial charge in [-0.05, 0) is 24.6 Å². The summed E-state index contributed by atoms with van der Waals surface area (Å²) < 4.78 is 1.77. The Morgan fingerprint density at radius 2 is 1.77 bits per heavy atom. The molecule has 1 N–H and O–H groups in total. The normalized spacial score (nSPS) is 11.1. The number of thioether (sulfide) groups is 1. The van der Waals surface area contributed by atoms with Crippen LogP contribution in [-0.2, 0) is 0 Å². The fourth-order valence-electron chi connectivity index (χ4n) is 2.75. The van der Waals surface area contributed by atoms with Gasteiger partial charge in [-0.2, -0.15) is 9.50 Å². The third-order valence-corrected chi connectivity index (χ3v) is 5.02. The van der Waals surface area contributed by atoms with Gasteiger partial charge in [0, 0.05) is 16.9 Å². The van der Waals surface area contributed by atoms with Crippen molar-refractivity contribution in [2.75, 3.05) is 5.75 Å². The molecule has 4 rings (SSSR count). The van der Waals surface area contributed by atoms with E-state index in [4.69, 9.17) is 0 Å². The predicted octanol–water partition coefficient (Wildman–Crippen LogP) is 4.67. The number of hydrogen-bond acceptors (Lipinski definition) is 5. The van der Waals surface area contributed by atoms with Crippen molar-refractivity contribution in [3.63, 3.8) is 0 Å². The van der Waals surface area contributed by atoms with Gasteiger partial charge in [-0.1, -0.05) is 61.2 Å². The minimum atomic E-state index is 0.198. The smallest absolute Gasteiger partial charge is 0.254 e. The standard InChI is InChI=1S/C20H18N4OS/c1-2-12-26-20-22-19-21-16(15-10-6-7-11-18(15)25)13-17(24(19)23-20)14-8-4-3-5-9-14/h3-11,13,25H,2,12H2,1H3. The van der Waals surface area contributed by atoms with E-state index in [1.165, 1.54) is 0 Å². The van der Waals surface area contributed by atoms with E-state index >= 15 is 0 Å². The number of aromatic nitrogens is 4. The highest BCUT2D eigenvalue weighted by atomic mass is 32.2. The molecule has 0 bridgehead atoms. The predicted molar refractivity (Wildman–Crippen MR) is 104 cm³/mol. The van der Waals surface area contributed by atoms with Gasteiger partial charge in [0.25, 0.3) is 5.78 Å². The molecule has 0 aliphatic carbocycles. The molecule has 0 aliphatic rings. The van der Waals surface area contributed by atoms with Crippen LogP contribution in [0, 0.1) is 0 Å². The van der Waals surface area contributed by atoms with Crippen LogP contribution in [0.5, 0.6) is 5.75 Å². The van der Waals surface area contributed by atoms with E-state index in [2.05, 4.69) is 22.0 Å². The molecule has 0 radical (unpaired) electrons. The van der Waals surface area contributed by atoms with Crippen molar-refractivity contribution >= 4 is 17.5 Å². The third-order valence-electron chi connectivity index (χ3n) is 3.98. The van der Waals surface area contributed by atoms with Gasteiger partial charge >= 0.3 is 0 Å². The first kappa shape index (κ1) is 16.6. The Labute approximate surface area is 155 Å². The first-order chi connectivity index (χ1) is 12.8. The van der Waals surface area contributed by atoms with Gasteiger partial charge in [0.2, 0.25) is 5.16 Å². The van der Waals surface area contributed by atoms with Crippen molar-refractivity contribution in [2.24, 2.45) is 0 Å². The summed E-state index contributed by atoms with van der Waals surface area (Å²) in [4.78, 5) is 9.21. The zero-order valence-corrected chi connectivity index (χ0v) is 15.1. The number of rotatable bonds is 5. The highest BCUT2D eigenvalue weighted by molar-refractivity contribution is 7.99. The van der Waals surface area contributed by atoms with Gasteiger partial charge in [-0.25, -0.2) is 4.98 Å². The van der Waals surface area contributed by atoms with Crippen molar-refractivity contribution in [1.29, 1.82) is 0 Å². The average Bonchev–Trinajstić information content (AvgIpc) is 3.09. The van der Waals surface area contributed by atoms with Gasteiger partial charge in [0.05, 0.1) is 11.4 Å². The summed E-state index contributed by atoms with van der Waals surface area (Å²) in [6.07, 6.45) is 1.06. The molecule has 0 spiro atoms. The first-order valence-corrected chi connectivity index (χ1v) is 9.49. The summed E-state index contributed by atoms with van der Waals surface area (Å²) in [6, 6.07) is 19.2. The second-order valence-corrected chi connectivity index (χ2v) is 6.93. The van der Waals surface area contributed by atoms with Crippen LogP contribution < -0.4 is 0 Å². The molecule has 2 aromatic carbocycles. The van der Waals surface area contributed by atoms with Crippen LogP contribution in [0.3, 0.4) is 0 Å². The van der Waals surface area contributed by atoms with Crippen LogP contribution in [0.15, 0.2) is 65.8 Å². The molecule has 0 fully saturated rings. The van der Waals surface area contributed by atoms with Crippen molar-refractivity contribution in [3.8, 4) is 28.3 Å². The molecule has 0 unspecified atom stereocenters. The molecular weight excluding hydrogens is 344 g/mol. The van der Waals surface area contributed by atoms with E-state index in [0.29, 0.717) is 22.2 Å². The quantitative estimate of drug-likeness (QED) is 0.523. The number of benzene rings is 2. The third kappa shape index (κ3) is 3.15. The van der Waals surface area contributed by atoms with Gasteiger partial charge in [0.15, 0.2) is 0 Å². The number of aromatic hydroxyl groups is 1. The number of phenols is 1. The summed E-state index contributed by atoms with van der Waals surface area (Å²) in [7, 11) is 0. The van der Waals surface area contributed by atoms with Crippen LogP contribution in [0.4, 0.5) is 0 Å². The number of nitrogens with zero attached hydrogens (tertiary/aromatic N) is 4. The largest absolute Gasteiger partial charge is 0.507 e. The summed E-state index contributed by atoms with van der Waals surface area (Å²) in [5, 5.41) is 15.6. The number of fused-ring (bicyclic) bond motifs is 1. The van der Waals surface area contributed by atoms with Crippen LogP contribution in [0.2, 0.25) is 0 Å². The van der Waals surface area contributed by atoms with Crippen LogP contribution in [0.1, 0.15) is 13.3 Å². The lowest BCUT2D eigenvalue weighted by Crippen LogP contribution is -1.99. The highest BCUT2D eigenvalue weighted by Gasteiger charge is 2.15. The van der Waals surface area contributed by atoms with E-state index in [9.17, 15) is 5.11 Å². The summed E-state index contributed by atoms with van der Waals surface area (Å²) in [5.74, 6) is 1.69. The minimum Gasteiger partial charge on any atom is -0.507 e. The molecule has 26 heavy (non-hydrogen) atoms. The number of para-hydroxylation sites is 1. The maximum atomic E-state index is 10.2. The minimum absolute atomic E-state index is 0.198. The molecule has 130 valence electrons. The van der Waals surface area contributed by atoms with Crippen molar-refractivity contribution in [3.05, 3.63) is 60.7 Å². The Balaban J connectivity index is 1.93. The molecule has 0 saturated carbocycles. The van der Waals surface area contributed by atoms with Crippen molar-refractivity contribution in [1.82, 2.24) is 19.6 Å². The maximum Gasteiger partial charge on any atom is 0.254 e. The van der Waals surface area contributed by atoms with E-state index in [-0.39, 0.29) is 5.75 Å². The molecular formula is C20H18N4OS. The summed E-state index contributed by atoms with van der Waals surface area (Å²) in [5.41, 5.74) is 3.27. The highest BCUT2D eigenvalue weighted by Crippen LogP contribution is 2.31. The van der Waals surface area contributed by atoms with E-state index < -0.39 is 0 Å². The molecule has 2 heterocycles. The van der Waals surface area contributed by atoms with Gasteiger partial charge in [-0.3, -0.25) is 0 Å². The fraction of sp³-hybridized carbons (Fsp3) is 0.150. The SMILES string of the molecule is CCCSc1nc2nc(-c3ccccc3O)cc(-c3ccccc3)n2n1. The van der Waals surface area contributed by atoms with Gasteiger partial charge < -0.3 is 5.11 Å². The maximum absolute atomic E-state index is 10.2. The number of phenolic OH excluding ortho intramolecular Hbond substituents is 1. The van der Waals surface area contributed by atoms with Crippen molar-refractivity contribution in [2.45, 2.75) is 18.5 Å². The van der Waals surface area contributed by atoms with Crippen LogP contribution >= 0.6 is 11.8 Å². The number of hydrogen-bond donors (Lipinski definition) is 1. The monoisotopic (exact) mass is 362 g/mol. The van der Waals surface area contributed by atoms with Gasteiger partial charge in [-0.15, -0.1) is 5.10 Å². The molecule has 0 saturated heterocycles. The molecule has 0 amide bonds. The van der Waals surface area contributed by atoms with E-state index in [0.717, 1.165) is 23.4 Å². The molecule has 2 aromatic heterocycles. The fourth-order valence-corrected chi connectivity index (χ4v) is 3.42. The summed E-state index contributed by atoms with van der Waals surface area (Å²) >= 11 is 1.62. The molecule has 0 aliphatic heterocycles. The Kier molecular flexibility index (Phi) is 4.58. The zero-order chi connectivity index (χ0) is 17.9. The van der Waals surface area contributed by atoms with E-state index in [1.54, 1.807) is 28.4 Å². The average molecular weight is 362 g/mol. The van der Waals surface area contributed by atoms with E-state index in [1.807, 2.05) is 48.5 Å². The lowest BCUT2D eigenvalue weighted by atomic mass is 10.1. The Morgan fingerprint density at radius 3 is 2.54 bits per heavy atom. The Hall–Kier alpha value is -2.86. The van der Waals surface area contributed by atoms with Crippen molar-refractivity contribution < 1.29 is 5.11 Å². The van der Waals surface area contributed by atoms with Crippen LogP contribution in [-0.4, -0.2) is 30.4 Å². The second kappa shape index (κ2) is 7.17. The molecule has 6 heteroatoms. The Morgan fingerprint density at radius 1 is 1.00 bits per heavy atom.